The van der Waals surface area contributed by atoms with Crippen LogP contribution < -0.4 is 4.74 Å². The molecule has 0 unspecified atom stereocenters. The zero-order valence-electron chi connectivity index (χ0n) is 12.1. The maximum atomic E-state index is 12.4. The van der Waals surface area contributed by atoms with Crippen molar-refractivity contribution in [2.45, 2.75) is 13.8 Å². The predicted molar refractivity (Wildman–Crippen MR) is 72.2 cm³/mol. The molecule has 0 saturated carbocycles. The van der Waals surface area contributed by atoms with Crippen molar-refractivity contribution in [3.8, 4) is 5.75 Å². The smallest absolute Gasteiger partial charge is 0.308 e. The summed E-state index contributed by atoms with van der Waals surface area (Å²) in [5.74, 6) is -3.91. The van der Waals surface area contributed by atoms with Gasteiger partial charge in [0.25, 0.3) is 0 Å². The van der Waals surface area contributed by atoms with E-state index in [4.69, 9.17) is 14.2 Å². The van der Waals surface area contributed by atoms with Gasteiger partial charge in [-0.05, 0) is 18.2 Å². The minimum Gasteiger partial charge on any atom is -0.497 e. The summed E-state index contributed by atoms with van der Waals surface area (Å²) in [6, 6.07) is 4.22. The molecule has 7 heteroatoms. The number of carbonyl (C=O) groups excluding carboxylic acids is 4. The topological polar surface area (TPSA) is 96.0 Å². The molecule has 22 heavy (non-hydrogen) atoms. The number of rotatable bonds is 3. The number of allylic oxidation sites excluding steroid dienone is 2. The highest BCUT2D eigenvalue weighted by Crippen LogP contribution is 2.30. The Morgan fingerprint density at radius 1 is 0.864 bits per heavy atom. The molecule has 0 N–H and O–H groups in total. The molecule has 0 amide bonds. The van der Waals surface area contributed by atoms with Gasteiger partial charge in [-0.15, -0.1) is 0 Å². The highest BCUT2D eigenvalue weighted by atomic mass is 16.6. The zero-order chi connectivity index (χ0) is 16.4. The number of hydrogen-bond donors (Lipinski definition) is 0. The van der Waals surface area contributed by atoms with Gasteiger partial charge in [0.1, 0.15) is 5.75 Å². The fraction of sp³-hybridized carbons (Fsp3) is 0.200. The van der Waals surface area contributed by atoms with Crippen LogP contribution in [0, 0.1) is 0 Å². The molecule has 0 aliphatic heterocycles. The number of hydrogen-bond acceptors (Lipinski definition) is 7. The summed E-state index contributed by atoms with van der Waals surface area (Å²) in [4.78, 5) is 47.1. The Morgan fingerprint density at radius 3 is 1.82 bits per heavy atom. The van der Waals surface area contributed by atoms with Gasteiger partial charge in [0, 0.05) is 25.0 Å². The average molecular weight is 304 g/mol. The van der Waals surface area contributed by atoms with Gasteiger partial charge in [0.2, 0.25) is 23.1 Å². The normalized spacial score (nSPS) is 13.6. The molecule has 1 aromatic rings. The van der Waals surface area contributed by atoms with Crippen molar-refractivity contribution in [3.63, 3.8) is 0 Å². The van der Waals surface area contributed by atoms with Crippen molar-refractivity contribution in [1.82, 2.24) is 0 Å². The van der Waals surface area contributed by atoms with E-state index >= 15 is 0 Å². The van der Waals surface area contributed by atoms with Gasteiger partial charge in [-0.3, -0.25) is 19.2 Å². The van der Waals surface area contributed by atoms with Crippen LogP contribution in [-0.2, 0) is 19.1 Å². The lowest BCUT2D eigenvalue weighted by atomic mass is 9.92. The molecule has 0 bridgehead atoms. The fourth-order valence-corrected chi connectivity index (χ4v) is 1.96. The number of fused-ring (bicyclic) bond motifs is 1. The van der Waals surface area contributed by atoms with Gasteiger partial charge in [-0.1, -0.05) is 0 Å². The van der Waals surface area contributed by atoms with Crippen molar-refractivity contribution >= 4 is 23.5 Å². The minimum atomic E-state index is -0.813. The van der Waals surface area contributed by atoms with E-state index in [2.05, 4.69) is 0 Å². The van der Waals surface area contributed by atoms with E-state index in [0.717, 1.165) is 13.8 Å². The Hall–Kier alpha value is -2.96. The third-order valence-electron chi connectivity index (χ3n) is 2.83. The summed E-state index contributed by atoms with van der Waals surface area (Å²) in [7, 11) is 1.41. The van der Waals surface area contributed by atoms with Crippen LogP contribution in [0.3, 0.4) is 0 Å². The number of methoxy groups -OCH3 is 1. The van der Waals surface area contributed by atoms with Gasteiger partial charge in [-0.2, -0.15) is 0 Å². The second-order valence-electron chi connectivity index (χ2n) is 4.42. The summed E-state index contributed by atoms with van der Waals surface area (Å²) < 4.78 is 14.5. The molecule has 2 rings (SSSR count). The maximum absolute atomic E-state index is 12.4. The largest absolute Gasteiger partial charge is 0.497 e. The van der Waals surface area contributed by atoms with Crippen molar-refractivity contribution in [2.75, 3.05) is 7.11 Å². The molecule has 0 saturated heterocycles. The lowest BCUT2D eigenvalue weighted by Crippen LogP contribution is -2.27. The van der Waals surface area contributed by atoms with E-state index in [1.807, 2.05) is 0 Å². The Labute approximate surface area is 125 Å². The molecule has 114 valence electrons. The monoisotopic (exact) mass is 304 g/mol. The molecule has 0 spiro atoms. The standard InChI is InChI=1S/C15H12O7/c1-7(16)21-14-12(18)10-5-4-9(20-3)6-11(10)13(19)15(14)22-8(2)17/h4-6H,1-3H3. The first kappa shape index (κ1) is 15.4. The van der Waals surface area contributed by atoms with E-state index in [1.54, 1.807) is 0 Å². The first-order valence-corrected chi connectivity index (χ1v) is 6.23. The van der Waals surface area contributed by atoms with Crippen LogP contribution in [-0.4, -0.2) is 30.6 Å². The predicted octanol–water partition coefficient (Wildman–Crippen LogP) is 1.41. The van der Waals surface area contributed by atoms with Crippen molar-refractivity contribution in [3.05, 3.63) is 40.8 Å². The van der Waals surface area contributed by atoms with Crippen LogP contribution >= 0.6 is 0 Å². The molecule has 1 aromatic carbocycles. The summed E-state index contributed by atoms with van der Waals surface area (Å²) >= 11 is 0. The average Bonchev–Trinajstić information content (AvgIpc) is 2.47. The van der Waals surface area contributed by atoms with Gasteiger partial charge in [0.15, 0.2) is 0 Å². The maximum Gasteiger partial charge on any atom is 0.308 e. The van der Waals surface area contributed by atoms with Crippen molar-refractivity contribution in [2.24, 2.45) is 0 Å². The highest BCUT2D eigenvalue weighted by Gasteiger charge is 2.37. The van der Waals surface area contributed by atoms with Gasteiger partial charge in [-0.25, -0.2) is 0 Å². The van der Waals surface area contributed by atoms with E-state index in [-0.39, 0.29) is 11.1 Å². The number of ether oxygens (including phenoxy) is 3. The Kier molecular flexibility index (Phi) is 4.07. The Bertz CT molecular complexity index is 727. The minimum absolute atomic E-state index is 0.0107. The third kappa shape index (κ3) is 2.73. The fourth-order valence-electron chi connectivity index (χ4n) is 1.96. The quantitative estimate of drug-likeness (QED) is 0.779. The van der Waals surface area contributed by atoms with E-state index < -0.39 is 35.0 Å². The van der Waals surface area contributed by atoms with Crippen LogP contribution in [0.15, 0.2) is 29.7 Å². The molecule has 7 nitrogen and oxygen atoms in total. The summed E-state index contributed by atoms with van der Waals surface area (Å²) in [5.41, 5.74) is 0.0504. The molecule has 0 fully saturated rings. The number of benzene rings is 1. The van der Waals surface area contributed by atoms with Crippen LogP contribution in [0.1, 0.15) is 34.6 Å². The van der Waals surface area contributed by atoms with Crippen LogP contribution in [0.25, 0.3) is 0 Å². The summed E-state index contributed by atoms with van der Waals surface area (Å²) in [6.07, 6.45) is 0. The SMILES string of the molecule is COc1ccc2c(c1)C(=O)C(OC(C)=O)=C(OC(C)=O)C2=O. The first-order chi connectivity index (χ1) is 10.3. The lowest BCUT2D eigenvalue weighted by Gasteiger charge is -2.19. The Balaban J connectivity index is 2.62. The van der Waals surface area contributed by atoms with E-state index in [1.165, 1.54) is 25.3 Å². The van der Waals surface area contributed by atoms with E-state index in [9.17, 15) is 19.2 Å². The first-order valence-electron chi connectivity index (χ1n) is 6.23. The second-order valence-corrected chi connectivity index (χ2v) is 4.42. The second kappa shape index (κ2) is 5.80. The van der Waals surface area contributed by atoms with Crippen LogP contribution in [0.4, 0.5) is 0 Å². The summed E-state index contributed by atoms with van der Waals surface area (Å²) in [5, 5.41) is 0. The van der Waals surface area contributed by atoms with Crippen molar-refractivity contribution < 1.29 is 33.4 Å². The molecule has 0 radical (unpaired) electrons. The number of esters is 2. The molecule has 0 heterocycles. The molecular formula is C15H12O7. The highest BCUT2D eigenvalue weighted by molar-refractivity contribution is 6.26. The third-order valence-corrected chi connectivity index (χ3v) is 2.83. The van der Waals surface area contributed by atoms with Crippen LogP contribution in [0.5, 0.6) is 5.75 Å². The van der Waals surface area contributed by atoms with Gasteiger partial charge >= 0.3 is 11.9 Å². The zero-order valence-corrected chi connectivity index (χ0v) is 12.1. The molecule has 1 aliphatic carbocycles. The Morgan fingerprint density at radius 2 is 1.36 bits per heavy atom. The molecule has 0 atom stereocenters. The number of carbonyl (C=O) groups is 4. The van der Waals surface area contributed by atoms with Gasteiger partial charge < -0.3 is 14.2 Å². The number of ketones is 2. The molecule has 1 aliphatic rings. The molecule has 0 aromatic heterocycles. The van der Waals surface area contributed by atoms with Gasteiger partial charge in [0.05, 0.1) is 7.11 Å². The summed E-state index contributed by atoms with van der Waals surface area (Å²) in [6.45, 7) is 2.14. The number of Topliss-reactive ketones (excluding diaryl/α,β-unsaturated/α-hetero) is 2. The van der Waals surface area contributed by atoms with E-state index in [0.29, 0.717) is 5.75 Å². The lowest BCUT2D eigenvalue weighted by molar-refractivity contribution is -0.140. The van der Waals surface area contributed by atoms with Crippen LogP contribution in [0.2, 0.25) is 0 Å². The molecular weight excluding hydrogens is 292 g/mol. The van der Waals surface area contributed by atoms with Crippen molar-refractivity contribution in [1.29, 1.82) is 0 Å².